The van der Waals surface area contributed by atoms with Crippen molar-refractivity contribution in [2.75, 3.05) is 6.54 Å². The minimum Gasteiger partial charge on any atom is -0.316 e. The molecule has 1 unspecified atom stereocenters. The number of hydrogen-bond donors (Lipinski definition) is 1. The van der Waals surface area contributed by atoms with E-state index in [1.165, 1.54) is 19.1 Å². The zero-order chi connectivity index (χ0) is 13.3. The van der Waals surface area contributed by atoms with Crippen molar-refractivity contribution in [1.82, 2.24) is 20.4 Å². The van der Waals surface area contributed by atoms with E-state index in [4.69, 9.17) is 11.6 Å². The molecule has 2 heterocycles. The summed E-state index contributed by atoms with van der Waals surface area (Å²) in [5, 5.41) is 9.47. The molecule has 18 heavy (non-hydrogen) atoms. The molecule has 3 amide bonds. The van der Waals surface area contributed by atoms with E-state index >= 15 is 0 Å². The van der Waals surface area contributed by atoms with Crippen LogP contribution < -0.4 is 5.32 Å². The second kappa shape index (κ2) is 4.69. The summed E-state index contributed by atoms with van der Waals surface area (Å²) in [4.78, 5) is 35.9. The number of aromatic nitrogens is 2. The van der Waals surface area contributed by atoms with Gasteiger partial charge in [0.1, 0.15) is 12.6 Å². The van der Waals surface area contributed by atoms with Gasteiger partial charge < -0.3 is 4.90 Å². The maximum Gasteiger partial charge on any atom is 0.275 e. The number of carbonyl (C=O) groups is 3. The molecule has 0 radical (unpaired) electrons. The second-order valence-electron chi connectivity index (χ2n) is 3.76. The summed E-state index contributed by atoms with van der Waals surface area (Å²) in [6.45, 7) is 1.35. The molecule has 1 N–H and O–H groups in total. The van der Waals surface area contributed by atoms with Crippen molar-refractivity contribution in [3.05, 3.63) is 23.0 Å². The molecule has 8 heteroatoms. The minimum atomic E-state index is -0.729. The van der Waals surface area contributed by atoms with Gasteiger partial charge in [-0.05, 0) is 19.1 Å². The average molecular weight is 269 g/mol. The summed E-state index contributed by atoms with van der Waals surface area (Å²) in [5.74, 6) is -1.57. The topological polar surface area (TPSA) is 92.3 Å². The summed E-state index contributed by atoms with van der Waals surface area (Å²) in [5.41, 5.74) is 0.0359. The first-order chi connectivity index (χ1) is 8.49. The Bertz CT molecular complexity index is 516. The molecule has 2 rings (SSSR count). The zero-order valence-electron chi connectivity index (χ0n) is 9.38. The van der Waals surface area contributed by atoms with Crippen molar-refractivity contribution in [3.63, 3.8) is 0 Å². The third kappa shape index (κ3) is 2.30. The van der Waals surface area contributed by atoms with Crippen molar-refractivity contribution < 1.29 is 14.4 Å². The van der Waals surface area contributed by atoms with E-state index < -0.39 is 23.8 Å². The number of rotatable bonds is 1. The number of nitrogens with zero attached hydrogens (tertiary/aromatic N) is 3. The van der Waals surface area contributed by atoms with E-state index in [-0.39, 0.29) is 17.4 Å². The Labute approximate surface area is 107 Å². The lowest BCUT2D eigenvalue weighted by molar-refractivity contribution is -0.138. The normalized spacial score (nSPS) is 19.7. The van der Waals surface area contributed by atoms with E-state index in [9.17, 15) is 14.4 Å². The molecular formula is C10H9ClN4O3. The average Bonchev–Trinajstić information content (AvgIpc) is 2.34. The first-order valence-corrected chi connectivity index (χ1v) is 5.50. The van der Waals surface area contributed by atoms with Gasteiger partial charge in [0.25, 0.3) is 5.91 Å². The SMILES string of the molecule is CC1C(=O)NC(=O)CN1C(=O)c1ccc(Cl)nn1. The lowest BCUT2D eigenvalue weighted by Gasteiger charge is -2.31. The number of halogens is 1. The Morgan fingerprint density at radius 2 is 2.17 bits per heavy atom. The summed E-state index contributed by atoms with van der Waals surface area (Å²) in [7, 11) is 0. The number of amides is 3. The Morgan fingerprint density at radius 3 is 2.78 bits per heavy atom. The smallest absolute Gasteiger partial charge is 0.275 e. The standard InChI is InChI=1S/C10H9ClN4O3/c1-5-9(17)12-8(16)4-15(5)10(18)6-2-3-7(11)14-13-6/h2-3,5H,4H2,1H3,(H,12,16,17). The molecule has 1 aromatic rings. The van der Waals surface area contributed by atoms with Crippen LogP contribution in [0.4, 0.5) is 0 Å². The molecule has 1 fully saturated rings. The van der Waals surface area contributed by atoms with Crippen LogP contribution in [0.15, 0.2) is 12.1 Å². The molecule has 1 atom stereocenters. The highest BCUT2D eigenvalue weighted by Gasteiger charge is 2.34. The van der Waals surface area contributed by atoms with Gasteiger partial charge in [-0.25, -0.2) is 0 Å². The van der Waals surface area contributed by atoms with Gasteiger partial charge in [-0.15, -0.1) is 10.2 Å². The molecule has 0 saturated carbocycles. The maximum atomic E-state index is 12.1. The van der Waals surface area contributed by atoms with Gasteiger partial charge in [0.05, 0.1) is 0 Å². The monoisotopic (exact) mass is 268 g/mol. The highest BCUT2D eigenvalue weighted by Crippen LogP contribution is 2.10. The van der Waals surface area contributed by atoms with E-state index in [1.807, 2.05) is 0 Å². The van der Waals surface area contributed by atoms with Crippen molar-refractivity contribution in [1.29, 1.82) is 0 Å². The molecule has 1 aromatic heterocycles. The molecule has 94 valence electrons. The second-order valence-corrected chi connectivity index (χ2v) is 4.15. The molecule has 0 aromatic carbocycles. The van der Waals surface area contributed by atoms with Crippen LogP contribution in [0.1, 0.15) is 17.4 Å². The van der Waals surface area contributed by atoms with E-state index in [0.717, 1.165) is 4.90 Å². The predicted molar refractivity (Wildman–Crippen MR) is 60.7 cm³/mol. The van der Waals surface area contributed by atoms with Crippen LogP contribution in [0.3, 0.4) is 0 Å². The highest BCUT2D eigenvalue weighted by atomic mass is 35.5. The molecule has 0 spiro atoms. The largest absolute Gasteiger partial charge is 0.316 e. The molecule has 0 aliphatic carbocycles. The fourth-order valence-electron chi connectivity index (χ4n) is 1.54. The Hall–Kier alpha value is -2.02. The van der Waals surface area contributed by atoms with Crippen LogP contribution in [0.25, 0.3) is 0 Å². The fraction of sp³-hybridized carbons (Fsp3) is 0.300. The van der Waals surface area contributed by atoms with Crippen LogP contribution in [-0.4, -0.2) is 45.4 Å². The van der Waals surface area contributed by atoms with E-state index in [0.29, 0.717) is 0 Å². The Kier molecular flexibility index (Phi) is 3.24. The summed E-state index contributed by atoms with van der Waals surface area (Å²) >= 11 is 5.56. The van der Waals surface area contributed by atoms with E-state index in [1.54, 1.807) is 0 Å². The van der Waals surface area contributed by atoms with Gasteiger partial charge in [0.15, 0.2) is 10.8 Å². The number of nitrogens with one attached hydrogen (secondary N) is 1. The Balaban J connectivity index is 2.24. The summed E-state index contributed by atoms with van der Waals surface area (Å²) in [6.07, 6.45) is 0. The van der Waals surface area contributed by atoms with Crippen molar-refractivity contribution >= 4 is 29.3 Å². The lowest BCUT2D eigenvalue weighted by atomic mass is 10.2. The predicted octanol–water partition coefficient (Wildman–Crippen LogP) is -0.383. The zero-order valence-corrected chi connectivity index (χ0v) is 10.1. The van der Waals surface area contributed by atoms with Crippen LogP contribution in [0, 0.1) is 0 Å². The fourth-order valence-corrected chi connectivity index (χ4v) is 1.64. The van der Waals surface area contributed by atoms with E-state index in [2.05, 4.69) is 15.5 Å². The molecule has 7 nitrogen and oxygen atoms in total. The third-order valence-corrected chi connectivity index (χ3v) is 2.74. The molecule has 1 aliphatic rings. The quantitative estimate of drug-likeness (QED) is 0.701. The van der Waals surface area contributed by atoms with Gasteiger partial charge in [-0.2, -0.15) is 0 Å². The molecule has 0 bridgehead atoms. The minimum absolute atomic E-state index is 0.0359. The first kappa shape index (κ1) is 12.4. The number of imide groups is 1. The Morgan fingerprint density at radius 1 is 1.44 bits per heavy atom. The van der Waals surface area contributed by atoms with Crippen LogP contribution in [-0.2, 0) is 9.59 Å². The number of hydrogen-bond acceptors (Lipinski definition) is 5. The lowest BCUT2D eigenvalue weighted by Crippen LogP contribution is -2.58. The van der Waals surface area contributed by atoms with Crippen molar-refractivity contribution in [2.45, 2.75) is 13.0 Å². The van der Waals surface area contributed by atoms with Gasteiger partial charge in [0.2, 0.25) is 11.8 Å². The van der Waals surface area contributed by atoms with Gasteiger partial charge in [-0.1, -0.05) is 11.6 Å². The molecular weight excluding hydrogens is 260 g/mol. The van der Waals surface area contributed by atoms with Crippen LogP contribution >= 0.6 is 11.6 Å². The first-order valence-electron chi connectivity index (χ1n) is 5.13. The van der Waals surface area contributed by atoms with Crippen LogP contribution in [0.2, 0.25) is 5.15 Å². The summed E-state index contributed by atoms with van der Waals surface area (Å²) < 4.78 is 0. The third-order valence-electron chi connectivity index (χ3n) is 2.54. The van der Waals surface area contributed by atoms with Gasteiger partial charge in [0, 0.05) is 0 Å². The van der Waals surface area contributed by atoms with Crippen molar-refractivity contribution in [2.24, 2.45) is 0 Å². The number of piperazine rings is 1. The van der Waals surface area contributed by atoms with Gasteiger partial charge >= 0.3 is 0 Å². The van der Waals surface area contributed by atoms with Crippen LogP contribution in [0.5, 0.6) is 0 Å². The summed E-state index contributed by atoms with van der Waals surface area (Å²) in [6, 6.07) is 2.08. The number of carbonyl (C=O) groups excluding carboxylic acids is 3. The maximum absolute atomic E-state index is 12.1. The molecule has 1 saturated heterocycles. The molecule has 1 aliphatic heterocycles. The highest BCUT2D eigenvalue weighted by molar-refractivity contribution is 6.29. The van der Waals surface area contributed by atoms with Gasteiger partial charge in [-0.3, -0.25) is 19.7 Å². The van der Waals surface area contributed by atoms with Crippen molar-refractivity contribution in [3.8, 4) is 0 Å².